The number of rotatable bonds is 2. The van der Waals surface area contributed by atoms with Gasteiger partial charge in [0.25, 0.3) is 0 Å². The SMILES string of the molecule is Cc1ccc([PH](=O)c2ccc(F)cc2)c(C)c1. The fourth-order valence-corrected chi connectivity index (χ4v) is 3.27. The van der Waals surface area contributed by atoms with Gasteiger partial charge in [0.2, 0.25) is 0 Å². The van der Waals surface area contributed by atoms with Crippen LogP contribution in [0.5, 0.6) is 0 Å². The first kappa shape index (κ1) is 12.1. The van der Waals surface area contributed by atoms with Gasteiger partial charge in [0, 0.05) is 10.6 Å². The Kier molecular flexibility index (Phi) is 3.44. The zero-order valence-corrected chi connectivity index (χ0v) is 10.8. The summed E-state index contributed by atoms with van der Waals surface area (Å²) >= 11 is 0. The summed E-state index contributed by atoms with van der Waals surface area (Å²) in [6, 6.07) is 11.7. The van der Waals surface area contributed by atoms with E-state index in [0.717, 1.165) is 16.4 Å². The van der Waals surface area contributed by atoms with Crippen LogP contribution in [-0.2, 0) is 4.57 Å². The number of aryl methyl sites for hydroxylation is 2. The van der Waals surface area contributed by atoms with Crippen LogP contribution in [0.1, 0.15) is 11.1 Å². The zero-order chi connectivity index (χ0) is 12.4. The summed E-state index contributed by atoms with van der Waals surface area (Å²) in [5.74, 6) is -0.302. The highest BCUT2D eigenvalue weighted by Gasteiger charge is 2.09. The zero-order valence-electron chi connectivity index (χ0n) is 9.83. The summed E-state index contributed by atoms with van der Waals surface area (Å²) in [4.78, 5) is 0. The summed E-state index contributed by atoms with van der Waals surface area (Å²) in [5, 5.41) is 1.55. The van der Waals surface area contributed by atoms with Gasteiger partial charge in [-0.2, -0.15) is 0 Å². The summed E-state index contributed by atoms with van der Waals surface area (Å²) < 4.78 is 25.1. The van der Waals surface area contributed by atoms with Gasteiger partial charge >= 0.3 is 0 Å². The van der Waals surface area contributed by atoms with E-state index in [1.165, 1.54) is 12.1 Å². The Morgan fingerprint density at radius 2 is 1.65 bits per heavy atom. The summed E-state index contributed by atoms with van der Waals surface area (Å²) in [7, 11) is -2.02. The second kappa shape index (κ2) is 4.85. The molecular weight excluding hydrogens is 234 g/mol. The molecule has 0 saturated heterocycles. The minimum Gasteiger partial charge on any atom is -0.317 e. The van der Waals surface area contributed by atoms with E-state index in [1.807, 2.05) is 32.0 Å². The average Bonchev–Trinajstić information content (AvgIpc) is 2.29. The molecule has 0 bridgehead atoms. The van der Waals surface area contributed by atoms with Crippen molar-refractivity contribution in [1.29, 1.82) is 0 Å². The van der Waals surface area contributed by atoms with Crippen LogP contribution >= 0.6 is 7.80 Å². The Morgan fingerprint density at radius 1 is 1.00 bits per heavy atom. The number of hydrogen-bond donors (Lipinski definition) is 0. The van der Waals surface area contributed by atoms with Crippen LogP contribution < -0.4 is 10.6 Å². The molecule has 0 aliphatic carbocycles. The molecule has 0 N–H and O–H groups in total. The largest absolute Gasteiger partial charge is 0.317 e. The molecule has 17 heavy (non-hydrogen) atoms. The minimum absolute atomic E-state index is 0.302. The van der Waals surface area contributed by atoms with E-state index < -0.39 is 7.80 Å². The van der Waals surface area contributed by atoms with Crippen LogP contribution in [0.25, 0.3) is 0 Å². The number of hydrogen-bond acceptors (Lipinski definition) is 1. The van der Waals surface area contributed by atoms with E-state index in [1.54, 1.807) is 12.1 Å². The van der Waals surface area contributed by atoms with Crippen LogP contribution in [0.3, 0.4) is 0 Å². The lowest BCUT2D eigenvalue weighted by molar-refractivity contribution is 0.598. The Bertz CT molecular complexity index is 561. The Hall–Kier alpha value is -1.40. The third kappa shape index (κ3) is 2.65. The standard InChI is InChI=1S/C14H14FOP/c1-10-3-8-14(11(2)9-10)17(16)13-6-4-12(15)5-7-13/h3-9,17H,1-2H3. The van der Waals surface area contributed by atoms with E-state index in [9.17, 15) is 8.96 Å². The average molecular weight is 248 g/mol. The van der Waals surface area contributed by atoms with E-state index in [-0.39, 0.29) is 5.82 Å². The quantitative estimate of drug-likeness (QED) is 0.747. The summed E-state index contributed by atoms with van der Waals surface area (Å²) in [5.41, 5.74) is 2.18. The topological polar surface area (TPSA) is 17.1 Å². The maximum atomic E-state index is 12.8. The van der Waals surface area contributed by atoms with E-state index in [0.29, 0.717) is 5.30 Å². The summed E-state index contributed by atoms with van der Waals surface area (Å²) in [6.07, 6.45) is 0. The second-order valence-corrected chi connectivity index (χ2v) is 5.93. The van der Waals surface area contributed by atoms with Gasteiger partial charge in [-0.25, -0.2) is 4.39 Å². The highest BCUT2D eigenvalue weighted by molar-refractivity contribution is 7.61. The van der Waals surface area contributed by atoms with Crippen molar-refractivity contribution in [2.24, 2.45) is 0 Å². The number of benzene rings is 2. The van der Waals surface area contributed by atoms with Crippen molar-refractivity contribution in [1.82, 2.24) is 0 Å². The number of halogens is 1. The molecule has 2 rings (SSSR count). The fourth-order valence-electron chi connectivity index (χ4n) is 1.83. The monoisotopic (exact) mass is 248 g/mol. The Labute approximate surface area is 101 Å². The molecule has 2 aromatic rings. The predicted octanol–water partition coefficient (Wildman–Crippen LogP) is 2.95. The van der Waals surface area contributed by atoms with Gasteiger partial charge in [0.05, 0.1) is 0 Å². The highest BCUT2D eigenvalue weighted by atomic mass is 31.1. The molecule has 0 fully saturated rings. The normalized spacial score (nSPS) is 12.4. The molecule has 1 atom stereocenters. The first-order valence-corrected chi connectivity index (χ1v) is 6.86. The predicted molar refractivity (Wildman–Crippen MR) is 70.6 cm³/mol. The van der Waals surface area contributed by atoms with E-state index in [2.05, 4.69) is 0 Å². The lowest BCUT2D eigenvalue weighted by atomic mass is 10.2. The molecule has 0 radical (unpaired) electrons. The molecular formula is C14H14FOP. The van der Waals surface area contributed by atoms with Gasteiger partial charge in [-0.3, -0.25) is 0 Å². The third-order valence-electron chi connectivity index (χ3n) is 2.73. The Balaban J connectivity index is 2.40. The van der Waals surface area contributed by atoms with Crippen molar-refractivity contribution in [2.75, 3.05) is 0 Å². The van der Waals surface area contributed by atoms with Crippen LogP contribution in [0.4, 0.5) is 4.39 Å². The van der Waals surface area contributed by atoms with Crippen LogP contribution in [-0.4, -0.2) is 0 Å². The molecule has 0 amide bonds. The van der Waals surface area contributed by atoms with Crippen molar-refractivity contribution in [3.63, 3.8) is 0 Å². The molecule has 2 aromatic carbocycles. The molecule has 0 aliphatic heterocycles. The van der Waals surface area contributed by atoms with Crippen molar-refractivity contribution in [3.8, 4) is 0 Å². The molecule has 0 aliphatic rings. The Morgan fingerprint density at radius 3 is 2.24 bits per heavy atom. The van der Waals surface area contributed by atoms with Crippen molar-refractivity contribution in [3.05, 3.63) is 59.4 Å². The maximum Gasteiger partial charge on any atom is 0.132 e. The smallest absolute Gasteiger partial charge is 0.132 e. The molecule has 0 saturated carbocycles. The van der Waals surface area contributed by atoms with Crippen LogP contribution in [0.15, 0.2) is 42.5 Å². The molecule has 3 heteroatoms. The molecule has 0 spiro atoms. The third-order valence-corrected chi connectivity index (χ3v) is 4.64. The van der Waals surface area contributed by atoms with Gasteiger partial charge in [-0.15, -0.1) is 0 Å². The first-order valence-electron chi connectivity index (χ1n) is 5.45. The van der Waals surface area contributed by atoms with Gasteiger partial charge in [0.1, 0.15) is 13.6 Å². The molecule has 1 nitrogen and oxygen atoms in total. The van der Waals surface area contributed by atoms with Crippen LogP contribution in [0.2, 0.25) is 0 Å². The van der Waals surface area contributed by atoms with Gasteiger partial charge < -0.3 is 4.57 Å². The summed E-state index contributed by atoms with van der Waals surface area (Å²) in [6.45, 7) is 3.96. The van der Waals surface area contributed by atoms with Gasteiger partial charge in [-0.05, 0) is 43.7 Å². The molecule has 0 heterocycles. The van der Waals surface area contributed by atoms with Gasteiger partial charge in [-0.1, -0.05) is 23.8 Å². The van der Waals surface area contributed by atoms with Gasteiger partial charge in [0.15, 0.2) is 0 Å². The van der Waals surface area contributed by atoms with Crippen LogP contribution in [0, 0.1) is 19.7 Å². The molecule has 0 aromatic heterocycles. The molecule has 88 valence electrons. The van der Waals surface area contributed by atoms with Crippen molar-refractivity contribution >= 4 is 18.4 Å². The minimum atomic E-state index is -2.02. The fraction of sp³-hybridized carbons (Fsp3) is 0.143. The lowest BCUT2D eigenvalue weighted by Gasteiger charge is -2.07. The maximum absolute atomic E-state index is 12.8. The highest BCUT2D eigenvalue weighted by Crippen LogP contribution is 2.22. The first-order chi connectivity index (χ1) is 8.08. The van der Waals surface area contributed by atoms with Crippen molar-refractivity contribution < 1.29 is 8.96 Å². The second-order valence-electron chi connectivity index (χ2n) is 4.15. The van der Waals surface area contributed by atoms with E-state index in [4.69, 9.17) is 0 Å². The molecule has 1 unspecified atom stereocenters. The lowest BCUT2D eigenvalue weighted by Crippen LogP contribution is -2.09. The van der Waals surface area contributed by atoms with Crippen molar-refractivity contribution in [2.45, 2.75) is 13.8 Å². The van der Waals surface area contributed by atoms with E-state index >= 15 is 0 Å².